The third kappa shape index (κ3) is 3.96. The average molecular weight is 506 g/mol. The fraction of sp³-hybridized carbons (Fsp3) is 0. The van der Waals surface area contributed by atoms with Gasteiger partial charge in [0.15, 0.2) is 5.11 Å². The van der Waals surface area contributed by atoms with Gasteiger partial charge in [-0.05, 0) is 71.2 Å². The van der Waals surface area contributed by atoms with Crippen molar-refractivity contribution < 1.29 is 4.79 Å². The van der Waals surface area contributed by atoms with Crippen LogP contribution in [-0.2, 0) is 0 Å². The molecule has 0 atom stereocenters. The van der Waals surface area contributed by atoms with Crippen molar-refractivity contribution in [2.45, 2.75) is 0 Å². The minimum Gasteiger partial charge on any atom is -0.332 e. The molecule has 1 amide bonds. The highest BCUT2D eigenvalue weighted by Crippen LogP contribution is 2.25. The van der Waals surface area contributed by atoms with E-state index in [0.29, 0.717) is 5.56 Å². The predicted octanol–water partition coefficient (Wildman–Crippen LogP) is 3.58. The summed E-state index contributed by atoms with van der Waals surface area (Å²) in [6, 6.07) is 14.9. The highest BCUT2D eigenvalue weighted by molar-refractivity contribution is 14.1. The normalized spacial score (nSPS) is 10.7. The van der Waals surface area contributed by atoms with Gasteiger partial charge >= 0.3 is 0 Å². The van der Waals surface area contributed by atoms with Gasteiger partial charge in [0.05, 0.1) is 5.56 Å². The van der Waals surface area contributed by atoms with Crippen LogP contribution in [0.4, 0.5) is 5.69 Å². The van der Waals surface area contributed by atoms with Gasteiger partial charge in [0, 0.05) is 14.8 Å². The number of anilines is 1. The zero-order valence-electron chi connectivity index (χ0n) is 13.6. The summed E-state index contributed by atoms with van der Waals surface area (Å²) in [4.78, 5) is 13.0. The van der Waals surface area contributed by atoms with Gasteiger partial charge in [0.25, 0.3) is 5.91 Å². The minimum absolute atomic E-state index is 0.242. The Morgan fingerprint density at radius 1 is 1.15 bits per heavy atom. The highest BCUT2D eigenvalue weighted by atomic mass is 127. The van der Waals surface area contributed by atoms with Crippen LogP contribution in [0, 0.1) is 3.57 Å². The molecule has 0 radical (unpaired) electrons. The molecule has 0 bridgehead atoms. The lowest BCUT2D eigenvalue weighted by Gasteiger charge is -2.10. The van der Waals surface area contributed by atoms with Crippen LogP contribution in [0.1, 0.15) is 10.4 Å². The Morgan fingerprint density at radius 2 is 1.93 bits per heavy atom. The standard InChI is InChI=1S/C17H11IN6OS2/c18-13-4-2-1-3-12(13)14(25)21-16(26)20-11-7-5-10(6-8-11)15-23-24-9-19-22-17(24)27-15/h1-9H,(H2,20,21,25,26). The third-order valence-electron chi connectivity index (χ3n) is 3.62. The fourth-order valence-electron chi connectivity index (χ4n) is 2.35. The molecule has 0 fully saturated rings. The van der Waals surface area contributed by atoms with Crippen LogP contribution in [0.3, 0.4) is 0 Å². The van der Waals surface area contributed by atoms with E-state index in [2.05, 4.69) is 48.5 Å². The molecule has 2 aromatic carbocycles. The maximum absolute atomic E-state index is 12.3. The van der Waals surface area contributed by atoms with Crippen LogP contribution in [-0.4, -0.2) is 30.8 Å². The van der Waals surface area contributed by atoms with Crippen LogP contribution in [0.5, 0.6) is 0 Å². The van der Waals surface area contributed by atoms with Gasteiger partial charge in [-0.1, -0.05) is 23.5 Å². The van der Waals surface area contributed by atoms with E-state index >= 15 is 0 Å². The van der Waals surface area contributed by atoms with Crippen molar-refractivity contribution >= 4 is 67.8 Å². The molecule has 7 nitrogen and oxygen atoms in total. The van der Waals surface area contributed by atoms with Crippen molar-refractivity contribution in [1.29, 1.82) is 0 Å². The molecule has 0 saturated heterocycles. The second-order valence-corrected chi connectivity index (χ2v) is 7.96. The number of nitrogens with zero attached hydrogens (tertiary/aromatic N) is 4. The summed E-state index contributed by atoms with van der Waals surface area (Å²) in [5.41, 5.74) is 2.32. The zero-order valence-corrected chi connectivity index (χ0v) is 17.4. The molecule has 2 aromatic heterocycles. The van der Waals surface area contributed by atoms with Crippen LogP contribution < -0.4 is 10.6 Å². The van der Waals surface area contributed by atoms with E-state index in [4.69, 9.17) is 12.2 Å². The maximum Gasteiger partial charge on any atom is 0.258 e. The number of aromatic nitrogens is 4. The summed E-state index contributed by atoms with van der Waals surface area (Å²) in [6.07, 6.45) is 1.57. The number of halogens is 1. The first-order valence-electron chi connectivity index (χ1n) is 7.74. The van der Waals surface area contributed by atoms with Crippen molar-refractivity contribution in [3.8, 4) is 10.6 Å². The Hall–Kier alpha value is -2.44. The van der Waals surface area contributed by atoms with Gasteiger partial charge in [-0.25, -0.2) is 0 Å². The minimum atomic E-state index is -0.242. The number of nitrogens with one attached hydrogen (secondary N) is 2. The molecule has 4 rings (SSSR count). The molecule has 134 valence electrons. The first-order chi connectivity index (χ1) is 13.1. The number of thiocarbonyl (C=S) groups is 1. The topological polar surface area (TPSA) is 84.2 Å². The Balaban J connectivity index is 1.42. The van der Waals surface area contributed by atoms with Gasteiger partial charge in [-0.2, -0.15) is 9.61 Å². The van der Waals surface area contributed by atoms with Crippen LogP contribution >= 0.6 is 46.1 Å². The second-order valence-electron chi connectivity index (χ2n) is 5.43. The molecule has 0 unspecified atom stereocenters. The van der Waals surface area contributed by atoms with Crippen molar-refractivity contribution in [3.63, 3.8) is 0 Å². The first-order valence-corrected chi connectivity index (χ1v) is 10.0. The summed E-state index contributed by atoms with van der Waals surface area (Å²) in [5.74, 6) is -0.242. The molecule has 2 heterocycles. The summed E-state index contributed by atoms with van der Waals surface area (Å²) >= 11 is 8.82. The van der Waals surface area contributed by atoms with Gasteiger partial charge < -0.3 is 5.32 Å². The smallest absolute Gasteiger partial charge is 0.258 e. The number of carbonyl (C=O) groups is 1. The van der Waals surface area contributed by atoms with Crippen LogP contribution in [0.2, 0.25) is 0 Å². The first kappa shape index (κ1) is 17.9. The van der Waals surface area contributed by atoms with Gasteiger partial charge in [-0.15, -0.1) is 10.2 Å². The number of amides is 1. The third-order valence-corrected chi connectivity index (χ3v) is 5.73. The number of benzene rings is 2. The average Bonchev–Trinajstić information content (AvgIpc) is 3.24. The molecule has 0 spiro atoms. The number of hydrogen-bond donors (Lipinski definition) is 2. The quantitative estimate of drug-likeness (QED) is 0.327. The molecular formula is C17H11IN6OS2. The van der Waals surface area contributed by atoms with Crippen LogP contribution in [0.25, 0.3) is 15.5 Å². The summed E-state index contributed by atoms with van der Waals surface area (Å²) in [7, 11) is 0. The molecule has 27 heavy (non-hydrogen) atoms. The van der Waals surface area contributed by atoms with Crippen molar-refractivity contribution in [3.05, 3.63) is 64.0 Å². The molecular weight excluding hydrogens is 495 g/mol. The number of rotatable bonds is 3. The SMILES string of the molecule is O=C(NC(=S)Nc1ccc(-c2nn3cnnc3s2)cc1)c1ccccc1I. The molecule has 0 aliphatic carbocycles. The lowest BCUT2D eigenvalue weighted by Crippen LogP contribution is -2.34. The Bertz CT molecular complexity index is 1110. The molecule has 0 saturated carbocycles. The van der Waals surface area contributed by atoms with Crippen molar-refractivity contribution in [2.75, 3.05) is 5.32 Å². The number of hydrogen-bond acceptors (Lipinski definition) is 6. The zero-order chi connectivity index (χ0) is 18.8. The Kier molecular flexibility index (Phi) is 5.09. The Morgan fingerprint density at radius 3 is 2.67 bits per heavy atom. The number of carbonyl (C=O) groups excluding carboxylic acids is 1. The molecule has 10 heteroatoms. The molecule has 0 aliphatic rings. The monoisotopic (exact) mass is 506 g/mol. The maximum atomic E-state index is 12.3. The van der Waals surface area contributed by atoms with E-state index in [1.165, 1.54) is 11.3 Å². The second kappa shape index (κ2) is 7.66. The van der Waals surface area contributed by atoms with Crippen molar-refractivity contribution in [2.24, 2.45) is 0 Å². The van der Waals surface area contributed by atoms with E-state index in [9.17, 15) is 4.79 Å². The van der Waals surface area contributed by atoms with E-state index < -0.39 is 0 Å². The fourth-order valence-corrected chi connectivity index (χ4v) is 4.02. The lowest BCUT2D eigenvalue weighted by molar-refractivity contribution is 0.0977. The highest BCUT2D eigenvalue weighted by Gasteiger charge is 2.11. The van der Waals surface area contributed by atoms with Gasteiger partial charge in [-0.3, -0.25) is 10.1 Å². The molecule has 0 aliphatic heterocycles. The summed E-state index contributed by atoms with van der Waals surface area (Å²) < 4.78 is 2.51. The largest absolute Gasteiger partial charge is 0.332 e. The lowest BCUT2D eigenvalue weighted by atomic mass is 10.2. The summed E-state index contributed by atoms with van der Waals surface area (Å²) in [6.45, 7) is 0. The van der Waals surface area contributed by atoms with Crippen molar-refractivity contribution in [1.82, 2.24) is 25.1 Å². The van der Waals surface area contributed by atoms with Gasteiger partial charge in [0.1, 0.15) is 11.3 Å². The predicted molar refractivity (Wildman–Crippen MR) is 117 cm³/mol. The molecule has 2 N–H and O–H groups in total. The van der Waals surface area contributed by atoms with Crippen LogP contribution in [0.15, 0.2) is 54.9 Å². The Labute approximate surface area is 177 Å². The van der Waals surface area contributed by atoms with E-state index in [0.717, 1.165) is 24.8 Å². The summed E-state index contributed by atoms with van der Waals surface area (Å²) in [5, 5.41) is 19.0. The van der Waals surface area contributed by atoms with E-state index in [1.807, 2.05) is 42.5 Å². The molecule has 4 aromatic rings. The van der Waals surface area contributed by atoms with E-state index in [1.54, 1.807) is 16.9 Å². The van der Waals surface area contributed by atoms with E-state index in [-0.39, 0.29) is 11.0 Å². The van der Waals surface area contributed by atoms with Gasteiger partial charge in [0.2, 0.25) is 4.96 Å². The number of fused-ring (bicyclic) bond motifs is 1.